The number of aliphatic hydroxyl groups excluding tert-OH is 1. The molecule has 0 amide bonds. The summed E-state index contributed by atoms with van der Waals surface area (Å²) in [4.78, 5) is 2.25. The fourth-order valence-corrected chi connectivity index (χ4v) is 3.95. The van der Waals surface area contributed by atoms with Gasteiger partial charge >= 0.3 is 0 Å². The fourth-order valence-electron chi connectivity index (χ4n) is 3.95. The van der Waals surface area contributed by atoms with Crippen LogP contribution in [0.25, 0.3) is 0 Å². The van der Waals surface area contributed by atoms with Gasteiger partial charge in [0.05, 0.1) is 24.9 Å². The largest absolute Gasteiger partial charge is 0.494 e. The average Bonchev–Trinajstić information content (AvgIpc) is 2.62. The molecule has 1 N–H and O–H groups in total. The smallest absolute Gasteiger partial charge is 0.119 e. The van der Waals surface area contributed by atoms with Crippen LogP contribution in [-0.2, 0) is 4.74 Å². The van der Waals surface area contributed by atoms with Gasteiger partial charge in [0.2, 0.25) is 0 Å². The normalized spacial score (nSPS) is 23.4. The highest BCUT2D eigenvalue weighted by atomic mass is 16.5. The van der Waals surface area contributed by atoms with E-state index < -0.39 is 0 Å². The van der Waals surface area contributed by atoms with Crippen molar-refractivity contribution in [1.29, 1.82) is 0 Å². The molecular weight excluding hydrogens is 314 g/mol. The van der Waals surface area contributed by atoms with Gasteiger partial charge in [-0.1, -0.05) is 19.3 Å². The van der Waals surface area contributed by atoms with Gasteiger partial charge in [-0.25, -0.2) is 0 Å². The Morgan fingerprint density at radius 1 is 1.08 bits per heavy atom. The van der Waals surface area contributed by atoms with Crippen LogP contribution in [0.1, 0.15) is 58.3 Å². The number of β-amino-alcohol motifs (C(OH)–C–C–N with tert-alkyl or cyclic N) is 1. The molecule has 4 nitrogen and oxygen atoms in total. The van der Waals surface area contributed by atoms with E-state index in [1.54, 1.807) is 0 Å². The van der Waals surface area contributed by atoms with Crippen molar-refractivity contribution < 1.29 is 14.6 Å². The molecule has 1 heterocycles. The molecule has 0 spiro atoms. The zero-order valence-corrected chi connectivity index (χ0v) is 15.6. The zero-order chi connectivity index (χ0) is 17.5. The molecule has 1 aromatic rings. The minimum Gasteiger partial charge on any atom is -0.494 e. The van der Waals surface area contributed by atoms with Gasteiger partial charge in [0.15, 0.2) is 0 Å². The van der Waals surface area contributed by atoms with Gasteiger partial charge in [-0.15, -0.1) is 0 Å². The SMILES string of the molecule is CC1(OCCCOc2ccc(N3CCCC(O)C3)cc2)CCCCC1. The van der Waals surface area contributed by atoms with Gasteiger partial charge < -0.3 is 19.5 Å². The van der Waals surface area contributed by atoms with Crippen LogP contribution in [0.3, 0.4) is 0 Å². The summed E-state index contributed by atoms with van der Waals surface area (Å²) in [6, 6.07) is 8.24. The molecule has 3 rings (SSSR count). The molecule has 140 valence electrons. The van der Waals surface area contributed by atoms with Crippen molar-refractivity contribution in [2.24, 2.45) is 0 Å². The van der Waals surface area contributed by atoms with Crippen LogP contribution in [0.15, 0.2) is 24.3 Å². The van der Waals surface area contributed by atoms with Crippen molar-refractivity contribution in [2.45, 2.75) is 70.0 Å². The molecule has 25 heavy (non-hydrogen) atoms. The Morgan fingerprint density at radius 2 is 1.84 bits per heavy atom. The monoisotopic (exact) mass is 347 g/mol. The summed E-state index contributed by atoms with van der Waals surface area (Å²) in [6.07, 6.45) is 9.04. The van der Waals surface area contributed by atoms with Crippen molar-refractivity contribution in [3.63, 3.8) is 0 Å². The Hall–Kier alpha value is -1.26. The van der Waals surface area contributed by atoms with Crippen LogP contribution in [-0.4, -0.2) is 43.1 Å². The summed E-state index contributed by atoms with van der Waals surface area (Å²) in [5.74, 6) is 0.908. The van der Waals surface area contributed by atoms with E-state index in [0.717, 1.165) is 44.7 Å². The first-order valence-electron chi connectivity index (χ1n) is 9.94. The maximum absolute atomic E-state index is 9.80. The van der Waals surface area contributed by atoms with Crippen molar-refractivity contribution in [2.75, 3.05) is 31.2 Å². The first-order valence-corrected chi connectivity index (χ1v) is 9.94. The third kappa shape index (κ3) is 5.61. The first kappa shape index (κ1) is 18.5. The van der Waals surface area contributed by atoms with Crippen LogP contribution < -0.4 is 9.64 Å². The molecule has 1 saturated carbocycles. The highest BCUT2D eigenvalue weighted by Crippen LogP contribution is 2.31. The Labute approximate surface area is 152 Å². The number of benzene rings is 1. The van der Waals surface area contributed by atoms with Crippen LogP contribution in [0.2, 0.25) is 0 Å². The van der Waals surface area contributed by atoms with E-state index >= 15 is 0 Å². The number of rotatable bonds is 7. The van der Waals surface area contributed by atoms with Gasteiger partial charge in [-0.2, -0.15) is 0 Å². The molecule has 2 aliphatic rings. The van der Waals surface area contributed by atoms with E-state index in [4.69, 9.17) is 9.47 Å². The predicted molar refractivity (Wildman–Crippen MR) is 101 cm³/mol. The summed E-state index contributed by atoms with van der Waals surface area (Å²) in [5, 5.41) is 9.80. The Bertz CT molecular complexity index is 510. The number of nitrogens with zero attached hydrogens (tertiary/aromatic N) is 1. The van der Waals surface area contributed by atoms with Crippen LogP contribution in [0.4, 0.5) is 5.69 Å². The Kier molecular flexibility index (Phi) is 6.60. The molecule has 0 radical (unpaired) electrons. The topological polar surface area (TPSA) is 41.9 Å². The minimum absolute atomic E-state index is 0.0961. The lowest BCUT2D eigenvalue weighted by molar-refractivity contribution is -0.0591. The third-order valence-electron chi connectivity index (χ3n) is 5.52. The summed E-state index contributed by atoms with van der Waals surface area (Å²) in [5.41, 5.74) is 1.26. The minimum atomic E-state index is -0.198. The maximum Gasteiger partial charge on any atom is 0.119 e. The van der Waals surface area contributed by atoms with Crippen LogP contribution >= 0.6 is 0 Å². The van der Waals surface area contributed by atoms with Gasteiger partial charge in [0.25, 0.3) is 0 Å². The highest BCUT2D eigenvalue weighted by Gasteiger charge is 2.27. The molecular formula is C21H33NO3. The van der Waals surface area contributed by atoms with E-state index in [-0.39, 0.29) is 11.7 Å². The number of anilines is 1. The standard InChI is InChI=1S/C21H33NO3/c1-21(12-3-2-4-13-21)25-16-6-15-24-20-10-8-18(9-11-20)22-14-5-7-19(23)17-22/h8-11,19,23H,2-7,12-17H2,1H3. The van der Waals surface area contributed by atoms with Crippen molar-refractivity contribution in [1.82, 2.24) is 0 Å². The van der Waals surface area contributed by atoms with Crippen LogP contribution in [0.5, 0.6) is 5.75 Å². The second-order valence-corrected chi connectivity index (χ2v) is 7.80. The lowest BCUT2D eigenvalue weighted by atomic mass is 9.86. The first-order chi connectivity index (χ1) is 12.1. The summed E-state index contributed by atoms with van der Waals surface area (Å²) in [7, 11) is 0. The molecule has 4 heteroatoms. The van der Waals surface area contributed by atoms with Gasteiger partial charge in [0.1, 0.15) is 5.75 Å². The summed E-state index contributed by atoms with van der Waals surface area (Å²) in [6.45, 7) is 5.48. The van der Waals surface area contributed by atoms with E-state index in [0.29, 0.717) is 6.61 Å². The van der Waals surface area contributed by atoms with Gasteiger partial charge in [0, 0.05) is 25.2 Å². The van der Waals surface area contributed by atoms with E-state index in [1.165, 1.54) is 37.8 Å². The molecule has 0 aromatic heterocycles. The molecule has 0 bridgehead atoms. The number of aliphatic hydroxyl groups is 1. The van der Waals surface area contributed by atoms with E-state index in [2.05, 4.69) is 24.0 Å². The molecule has 2 fully saturated rings. The molecule has 1 unspecified atom stereocenters. The molecule has 1 atom stereocenters. The molecule has 1 aromatic carbocycles. The van der Waals surface area contributed by atoms with Crippen molar-refractivity contribution in [3.05, 3.63) is 24.3 Å². The highest BCUT2D eigenvalue weighted by molar-refractivity contribution is 5.49. The number of hydrogen-bond donors (Lipinski definition) is 1. The van der Waals surface area contributed by atoms with Gasteiger partial charge in [-0.05, 0) is 56.9 Å². The lowest BCUT2D eigenvalue weighted by Crippen LogP contribution is -2.38. The second kappa shape index (κ2) is 8.91. The molecule has 1 aliphatic carbocycles. The molecule has 1 aliphatic heterocycles. The maximum atomic E-state index is 9.80. The van der Waals surface area contributed by atoms with E-state index in [9.17, 15) is 5.11 Å². The Balaban J connectivity index is 1.36. The van der Waals surface area contributed by atoms with E-state index in [1.807, 2.05) is 12.1 Å². The number of ether oxygens (including phenoxy) is 2. The quantitative estimate of drug-likeness (QED) is 0.752. The number of hydrogen-bond acceptors (Lipinski definition) is 4. The summed E-state index contributed by atoms with van der Waals surface area (Å²) >= 11 is 0. The predicted octanol–water partition coefficient (Wildman–Crippen LogP) is 4.16. The number of piperidine rings is 1. The fraction of sp³-hybridized carbons (Fsp3) is 0.714. The second-order valence-electron chi connectivity index (χ2n) is 7.80. The van der Waals surface area contributed by atoms with Crippen molar-refractivity contribution >= 4 is 5.69 Å². The Morgan fingerprint density at radius 3 is 2.56 bits per heavy atom. The lowest BCUT2D eigenvalue weighted by Gasteiger charge is -2.33. The van der Waals surface area contributed by atoms with Crippen LogP contribution in [0, 0.1) is 0 Å². The summed E-state index contributed by atoms with van der Waals surface area (Å²) < 4.78 is 12.0. The van der Waals surface area contributed by atoms with Crippen molar-refractivity contribution in [3.8, 4) is 5.75 Å². The molecule has 1 saturated heterocycles. The van der Waals surface area contributed by atoms with Gasteiger partial charge in [-0.3, -0.25) is 0 Å². The third-order valence-corrected chi connectivity index (χ3v) is 5.52. The zero-order valence-electron chi connectivity index (χ0n) is 15.6. The average molecular weight is 347 g/mol.